The van der Waals surface area contributed by atoms with Gasteiger partial charge in [0.15, 0.2) is 0 Å². The van der Waals surface area contributed by atoms with Crippen LogP contribution in [0.15, 0.2) is 54.6 Å². The van der Waals surface area contributed by atoms with E-state index in [2.05, 4.69) is 6.07 Å². The molecule has 81 valence electrons. The zero-order valence-electron chi connectivity index (χ0n) is 8.96. The van der Waals surface area contributed by atoms with Crippen molar-refractivity contribution in [2.75, 3.05) is 7.11 Å². The molecule has 16 heavy (non-hydrogen) atoms. The maximum absolute atomic E-state index is 12.7. The quantitative estimate of drug-likeness (QED) is 0.758. The van der Waals surface area contributed by atoms with Gasteiger partial charge in [-0.15, -0.1) is 0 Å². The molecule has 2 rings (SSSR count). The molecule has 2 aromatic carbocycles. The summed E-state index contributed by atoms with van der Waals surface area (Å²) in [7, 11) is -1.45. The molecule has 2 nitrogen and oxygen atoms in total. The highest BCUT2D eigenvalue weighted by molar-refractivity contribution is 7.74. The van der Waals surface area contributed by atoms with Crippen LogP contribution in [0.4, 0.5) is 0 Å². The average molecular weight is 231 g/mol. The van der Waals surface area contributed by atoms with Crippen LogP contribution in [-0.4, -0.2) is 7.11 Å². The maximum Gasteiger partial charge on any atom is 0.261 e. The Morgan fingerprint density at radius 1 is 1.00 bits per heavy atom. The summed E-state index contributed by atoms with van der Waals surface area (Å²) in [5, 5.41) is 1.41. The Labute approximate surface area is 95.3 Å². The minimum absolute atomic E-state index is 0.694. The van der Waals surface area contributed by atoms with E-state index in [1.54, 1.807) is 24.3 Å². The zero-order valence-corrected chi connectivity index (χ0v) is 9.85. The predicted molar refractivity (Wildman–Crippen MR) is 65.6 cm³/mol. The van der Waals surface area contributed by atoms with Crippen LogP contribution in [0.2, 0.25) is 0 Å². The van der Waals surface area contributed by atoms with E-state index >= 15 is 0 Å². The smallest absolute Gasteiger partial charge is 0.261 e. The van der Waals surface area contributed by atoms with Gasteiger partial charge in [0.25, 0.3) is 7.37 Å². The Hall–Kier alpha value is -1.37. The molecule has 0 spiro atoms. The first-order chi connectivity index (χ1) is 7.77. The largest absolute Gasteiger partial charge is 0.325 e. The summed E-state index contributed by atoms with van der Waals surface area (Å²) in [5.41, 5.74) is 0. The van der Waals surface area contributed by atoms with Crippen molar-refractivity contribution in [2.24, 2.45) is 0 Å². The highest BCUT2D eigenvalue weighted by atomic mass is 31.2. The highest BCUT2D eigenvalue weighted by Gasteiger charge is 2.26. The topological polar surface area (TPSA) is 26.3 Å². The van der Waals surface area contributed by atoms with Gasteiger partial charge < -0.3 is 4.52 Å². The first-order valence-electron chi connectivity index (χ1n) is 4.95. The Bertz CT molecular complexity index is 450. The fourth-order valence-electron chi connectivity index (χ4n) is 1.56. The molecular weight excluding hydrogens is 219 g/mol. The predicted octanol–water partition coefficient (Wildman–Crippen LogP) is 2.36. The van der Waals surface area contributed by atoms with E-state index < -0.39 is 7.37 Å². The van der Waals surface area contributed by atoms with Crippen molar-refractivity contribution in [2.45, 2.75) is 0 Å². The fourth-order valence-corrected chi connectivity index (χ4v) is 3.38. The second kappa shape index (κ2) is 4.65. The maximum atomic E-state index is 12.7. The van der Waals surface area contributed by atoms with Crippen molar-refractivity contribution in [1.82, 2.24) is 0 Å². The molecule has 0 N–H and O–H groups in total. The normalized spacial score (nSPS) is 11.3. The van der Waals surface area contributed by atoms with Crippen LogP contribution in [0, 0.1) is 6.07 Å². The first kappa shape index (κ1) is 11.1. The Morgan fingerprint density at radius 3 is 2.12 bits per heavy atom. The van der Waals surface area contributed by atoms with E-state index in [-0.39, 0.29) is 0 Å². The number of benzene rings is 2. The van der Waals surface area contributed by atoms with Crippen LogP contribution < -0.4 is 10.6 Å². The molecular formula is C13H12O2P. The summed E-state index contributed by atoms with van der Waals surface area (Å²) in [6.45, 7) is 0. The Kier molecular flexibility index (Phi) is 3.23. The van der Waals surface area contributed by atoms with Gasteiger partial charge in [-0.1, -0.05) is 30.3 Å². The third kappa shape index (κ3) is 1.95. The number of hydrogen-bond donors (Lipinski definition) is 0. The summed E-state index contributed by atoms with van der Waals surface area (Å²) in [4.78, 5) is 0. The van der Waals surface area contributed by atoms with Crippen molar-refractivity contribution in [3.05, 3.63) is 60.7 Å². The van der Waals surface area contributed by atoms with E-state index in [1.807, 2.05) is 30.3 Å². The van der Waals surface area contributed by atoms with E-state index in [4.69, 9.17) is 4.52 Å². The van der Waals surface area contributed by atoms with Gasteiger partial charge in [-0.3, -0.25) is 4.57 Å². The van der Waals surface area contributed by atoms with Crippen molar-refractivity contribution in [1.29, 1.82) is 0 Å². The molecule has 0 amide bonds. The second-order valence-electron chi connectivity index (χ2n) is 3.33. The van der Waals surface area contributed by atoms with Gasteiger partial charge in [0.1, 0.15) is 0 Å². The lowest BCUT2D eigenvalue weighted by Crippen LogP contribution is -2.16. The lowest BCUT2D eigenvalue weighted by Gasteiger charge is -2.16. The summed E-state index contributed by atoms with van der Waals surface area (Å²) < 4.78 is 18.0. The van der Waals surface area contributed by atoms with Crippen LogP contribution in [-0.2, 0) is 9.09 Å². The van der Waals surface area contributed by atoms with Gasteiger partial charge >= 0.3 is 0 Å². The molecule has 3 heteroatoms. The summed E-state index contributed by atoms with van der Waals surface area (Å²) in [5.74, 6) is 0. The molecule has 0 saturated carbocycles. The van der Waals surface area contributed by atoms with E-state index in [0.717, 1.165) is 0 Å². The minimum Gasteiger partial charge on any atom is -0.325 e. The Balaban J connectivity index is 2.54. The molecule has 2 aromatic rings. The van der Waals surface area contributed by atoms with Gasteiger partial charge in [0, 0.05) is 17.7 Å². The SMILES string of the molecule is COP(=O)(c1cc[c]cc1)c1ccccc1. The molecule has 0 aromatic heterocycles. The highest BCUT2D eigenvalue weighted by Crippen LogP contribution is 2.43. The van der Waals surface area contributed by atoms with Crippen LogP contribution >= 0.6 is 7.37 Å². The number of hydrogen-bond acceptors (Lipinski definition) is 2. The molecule has 1 unspecified atom stereocenters. The van der Waals surface area contributed by atoms with Crippen molar-refractivity contribution < 1.29 is 9.09 Å². The van der Waals surface area contributed by atoms with Gasteiger partial charge in [-0.25, -0.2) is 0 Å². The monoisotopic (exact) mass is 231 g/mol. The fraction of sp³-hybridized carbons (Fsp3) is 0.0769. The van der Waals surface area contributed by atoms with Crippen LogP contribution in [0.25, 0.3) is 0 Å². The van der Waals surface area contributed by atoms with E-state index in [0.29, 0.717) is 10.6 Å². The first-order valence-corrected chi connectivity index (χ1v) is 6.58. The number of rotatable bonds is 3. The summed E-state index contributed by atoms with van der Waals surface area (Å²) in [6, 6.07) is 19.2. The average Bonchev–Trinajstić information content (AvgIpc) is 2.40. The van der Waals surface area contributed by atoms with Gasteiger partial charge in [0.2, 0.25) is 0 Å². The Morgan fingerprint density at radius 2 is 1.56 bits per heavy atom. The second-order valence-corrected chi connectivity index (χ2v) is 5.83. The minimum atomic E-state index is -2.92. The lowest BCUT2D eigenvalue weighted by atomic mass is 10.4. The molecule has 0 aliphatic rings. The van der Waals surface area contributed by atoms with E-state index in [9.17, 15) is 4.57 Å². The molecule has 1 atom stereocenters. The third-order valence-electron chi connectivity index (χ3n) is 2.39. The van der Waals surface area contributed by atoms with Crippen LogP contribution in [0.3, 0.4) is 0 Å². The molecule has 0 aliphatic carbocycles. The van der Waals surface area contributed by atoms with Gasteiger partial charge in [0.05, 0.1) is 0 Å². The van der Waals surface area contributed by atoms with E-state index in [1.165, 1.54) is 7.11 Å². The molecule has 1 radical (unpaired) electrons. The lowest BCUT2D eigenvalue weighted by molar-refractivity contribution is 0.412. The molecule has 0 aliphatic heterocycles. The standard InChI is InChI=1S/C13H12O2P/c1-15-16(14,12-8-4-2-5-9-12)13-10-6-3-7-11-13/h2,4-11H,1H3. The molecule has 0 fully saturated rings. The summed E-state index contributed by atoms with van der Waals surface area (Å²) >= 11 is 0. The third-order valence-corrected chi connectivity index (χ3v) is 4.86. The molecule has 0 bridgehead atoms. The molecule has 0 saturated heterocycles. The molecule has 0 heterocycles. The van der Waals surface area contributed by atoms with Crippen molar-refractivity contribution in [3.63, 3.8) is 0 Å². The van der Waals surface area contributed by atoms with Gasteiger partial charge in [-0.05, 0) is 30.3 Å². The van der Waals surface area contributed by atoms with Crippen molar-refractivity contribution in [3.8, 4) is 0 Å². The zero-order chi connectivity index (χ0) is 11.4. The van der Waals surface area contributed by atoms with Crippen molar-refractivity contribution >= 4 is 18.0 Å². The summed E-state index contributed by atoms with van der Waals surface area (Å²) in [6.07, 6.45) is 0. The van der Waals surface area contributed by atoms with Gasteiger partial charge in [-0.2, -0.15) is 0 Å². The van der Waals surface area contributed by atoms with Crippen LogP contribution in [0.5, 0.6) is 0 Å². The van der Waals surface area contributed by atoms with Crippen LogP contribution in [0.1, 0.15) is 0 Å².